The van der Waals surface area contributed by atoms with Crippen molar-refractivity contribution in [3.05, 3.63) is 58.9 Å². The molecule has 0 radical (unpaired) electrons. The van der Waals surface area contributed by atoms with Gasteiger partial charge in [-0.25, -0.2) is 9.37 Å². The van der Waals surface area contributed by atoms with Crippen molar-refractivity contribution in [2.24, 2.45) is 0 Å². The van der Waals surface area contributed by atoms with Crippen molar-refractivity contribution in [2.75, 3.05) is 25.0 Å². The number of halogens is 5. The van der Waals surface area contributed by atoms with E-state index < -0.39 is 23.1 Å². The fraction of sp³-hybridized carbons (Fsp3) is 0.294. The van der Waals surface area contributed by atoms with Crippen LogP contribution in [0.15, 0.2) is 36.7 Å². The quantitative estimate of drug-likeness (QED) is 0.659. The predicted octanol–water partition coefficient (Wildman–Crippen LogP) is 3.49. The standard InChI is InChI=1S/C17H14ClF4N5/c18-10-3-14(27-6-13(17(20,21)22)26-15(27)4-10)25-9-16(7-23-8-16)12-2-1-11(19)5-24-12/h1-6,23,25H,7-9H2. The second kappa shape index (κ2) is 6.35. The van der Waals surface area contributed by atoms with Crippen molar-refractivity contribution < 1.29 is 17.6 Å². The highest BCUT2D eigenvalue weighted by Crippen LogP contribution is 2.32. The number of hydrogen-bond acceptors (Lipinski definition) is 4. The lowest BCUT2D eigenvalue weighted by Gasteiger charge is -2.42. The first-order valence-corrected chi connectivity index (χ1v) is 8.47. The van der Waals surface area contributed by atoms with E-state index in [0.29, 0.717) is 31.1 Å². The summed E-state index contributed by atoms with van der Waals surface area (Å²) < 4.78 is 53.4. The summed E-state index contributed by atoms with van der Waals surface area (Å²) >= 11 is 6.04. The normalized spacial score (nSPS) is 16.3. The summed E-state index contributed by atoms with van der Waals surface area (Å²) in [7, 11) is 0. The third kappa shape index (κ3) is 3.32. The number of nitrogens with one attached hydrogen (secondary N) is 2. The molecule has 3 aromatic heterocycles. The lowest BCUT2D eigenvalue weighted by atomic mass is 9.78. The van der Waals surface area contributed by atoms with Gasteiger partial charge in [-0.2, -0.15) is 13.2 Å². The molecule has 2 N–H and O–H groups in total. The Morgan fingerprint density at radius 1 is 1.26 bits per heavy atom. The minimum absolute atomic E-state index is 0.0954. The summed E-state index contributed by atoms with van der Waals surface area (Å²) in [6.45, 7) is 1.60. The summed E-state index contributed by atoms with van der Waals surface area (Å²) in [6, 6.07) is 5.86. The van der Waals surface area contributed by atoms with E-state index in [2.05, 4.69) is 20.6 Å². The van der Waals surface area contributed by atoms with Crippen molar-refractivity contribution in [2.45, 2.75) is 11.6 Å². The maximum absolute atomic E-state index is 13.2. The Labute approximate surface area is 156 Å². The molecule has 0 atom stereocenters. The minimum atomic E-state index is -4.55. The molecule has 0 aliphatic carbocycles. The second-order valence-corrected chi connectivity index (χ2v) is 6.95. The molecule has 27 heavy (non-hydrogen) atoms. The van der Waals surface area contributed by atoms with Crippen LogP contribution < -0.4 is 10.6 Å². The molecule has 0 unspecified atom stereocenters. The molecule has 1 aliphatic heterocycles. The summed E-state index contributed by atoms with van der Waals surface area (Å²) in [5, 5.41) is 6.57. The highest BCUT2D eigenvalue weighted by Gasteiger charge is 2.40. The van der Waals surface area contributed by atoms with Crippen LogP contribution in [0.5, 0.6) is 0 Å². The Bertz CT molecular complexity index is 979. The van der Waals surface area contributed by atoms with E-state index in [1.54, 1.807) is 6.07 Å². The molecule has 142 valence electrons. The fourth-order valence-corrected chi connectivity index (χ4v) is 3.30. The van der Waals surface area contributed by atoms with Crippen molar-refractivity contribution in [1.29, 1.82) is 0 Å². The third-order valence-corrected chi connectivity index (χ3v) is 4.85. The Morgan fingerprint density at radius 3 is 2.63 bits per heavy atom. The molecular formula is C17H14ClF4N5. The Kier molecular flexibility index (Phi) is 4.23. The summed E-state index contributed by atoms with van der Waals surface area (Å²) in [5.41, 5.74) is -0.587. The third-order valence-electron chi connectivity index (χ3n) is 4.63. The Balaban J connectivity index is 1.65. The van der Waals surface area contributed by atoms with Crippen LogP contribution in [0.25, 0.3) is 5.65 Å². The van der Waals surface area contributed by atoms with Crippen LogP contribution in [0.1, 0.15) is 11.4 Å². The first-order chi connectivity index (χ1) is 12.8. The van der Waals surface area contributed by atoms with Crippen LogP contribution in [0.2, 0.25) is 5.02 Å². The maximum Gasteiger partial charge on any atom is 0.434 e. The number of rotatable bonds is 4. The van der Waals surface area contributed by atoms with Gasteiger partial charge in [-0.15, -0.1) is 0 Å². The summed E-state index contributed by atoms with van der Waals surface area (Å²) in [6.07, 6.45) is -2.47. The molecule has 0 saturated carbocycles. The average Bonchev–Trinajstić information content (AvgIpc) is 2.99. The summed E-state index contributed by atoms with van der Waals surface area (Å²) in [4.78, 5) is 7.75. The maximum atomic E-state index is 13.2. The highest BCUT2D eigenvalue weighted by atomic mass is 35.5. The molecule has 1 aliphatic rings. The molecule has 4 heterocycles. The van der Waals surface area contributed by atoms with Crippen LogP contribution >= 0.6 is 11.6 Å². The SMILES string of the molecule is Fc1ccc(C2(CNc3cc(Cl)cc4nc(C(F)(F)F)cn34)CNC2)nc1. The van der Waals surface area contributed by atoms with Crippen LogP contribution in [-0.2, 0) is 11.6 Å². The average molecular weight is 400 g/mol. The van der Waals surface area contributed by atoms with E-state index in [4.69, 9.17) is 11.6 Å². The van der Waals surface area contributed by atoms with Gasteiger partial charge in [-0.3, -0.25) is 9.38 Å². The Morgan fingerprint density at radius 2 is 2.04 bits per heavy atom. The van der Waals surface area contributed by atoms with Gasteiger partial charge in [0.15, 0.2) is 5.69 Å². The van der Waals surface area contributed by atoms with E-state index in [9.17, 15) is 17.6 Å². The van der Waals surface area contributed by atoms with Crippen molar-refractivity contribution in [3.63, 3.8) is 0 Å². The molecule has 0 amide bonds. The molecule has 0 spiro atoms. The minimum Gasteiger partial charge on any atom is -0.370 e. The van der Waals surface area contributed by atoms with Crippen molar-refractivity contribution in [1.82, 2.24) is 19.7 Å². The van der Waals surface area contributed by atoms with E-state index >= 15 is 0 Å². The molecule has 10 heteroatoms. The van der Waals surface area contributed by atoms with Gasteiger partial charge in [0.25, 0.3) is 0 Å². The van der Waals surface area contributed by atoms with Gasteiger partial charge in [0.1, 0.15) is 17.3 Å². The number of aromatic nitrogens is 3. The summed E-state index contributed by atoms with van der Waals surface area (Å²) in [5.74, 6) is -0.0438. The molecule has 0 bridgehead atoms. The number of hydrogen-bond donors (Lipinski definition) is 2. The number of pyridine rings is 2. The first-order valence-electron chi connectivity index (χ1n) is 8.09. The predicted molar refractivity (Wildman–Crippen MR) is 92.4 cm³/mol. The topological polar surface area (TPSA) is 54.2 Å². The zero-order valence-corrected chi connectivity index (χ0v) is 14.6. The van der Waals surface area contributed by atoms with Gasteiger partial charge < -0.3 is 10.6 Å². The monoisotopic (exact) mass is 399 g/mol. The lowest BCUT2D eigenvalue weighted by molar-refractivity contribution is -0.140. The molecular weight excluding hydrogens is 386 g/mol. The zero-order valence-electron chi connectivity index (χ0n) is 13.8. The smallest absolute Gasteiger partial charge is 0.370 e. The van der Waals surface area contributed by atoms with Crippen LogP contribution in [0, 0.1) is 5.82 Å². The molecule has 3 aromatic rings. The van der Waals surface area contributed by atoms with Crippen molar-refractivity contribution in [3.8, 4) is 0 Å². The number of imidazole rings is 1. The van der Waals surface area contributed by atoms with Gasteiger partial charge in [0.05, 0.1) is 17.3 Å². The van der Waals surface area contributed by atoms with Crippen LogP contribution in [0.4, 0.5) is 23.4 Å². The van der Waals surface area contributed by atoms with Crippen LogP contribution in [-0.4, -0.2) is 34.0 Å². The largest absolute Gasteiger partial charge is 0.434 e. The zero-order chi connectivity index (χ0) is 19.2. The molecule has 4 rings (SSSR count). The van der Waals surface area contributed by atoms with Gasteiger partial charge in [0, 0.05) is 36.9 Å². The Hall–Kier alpha value is -2.39. The lowest BCUT2D eigenvalue weighted by Crippen LogP contribution is -2.60. The first kappa shape index (κ1) is 18.0. The van der Waals surface area contributed by atoms with E-state index in [1.165, 1.54) is 22.6 Å². The molecule has 0 aromatic carbocycles. The van der Waals surface area contributed by atoms with Crippen molar-refractivity contribution >= 4 is 23.1 Å². The van der Waals surface area contributed by atoms with Gasteiger partial charge in [-0.05, 0) is 18.2 Å². The van der Waals surface area contributed by atoms with Gasteiger partial charge in [-0.1, -0.05) is 11.6 Å². The highest BCUT2D eigenvalue weighted by molar-refractivity contribution is 6.31. The van der Waals surface area contributed by atoms with E-state index in [-0.39, 0.29) is 10.7 Å². The fourth-order valence-electron chi connectivity index (χ4n) is 3.10. The number of alkyl halides is 3. The van der Waals surface area contributed by atoms with Gasteiger partial charge in [0.2, 0.25) is 0 Å². The number of anilines is 1. The number of fused-ring (bicyclic) bond motifs is 1. The van der Waals surface area contributed by atoms with E-state index in [0.717, 1.165) is 12.4 Å². The number of nitrogens with zero attached hydrogens (tertiary/aromatic N) is 3. The molecule has 1 fully saturated rings. The second-order valence-electron chi connectivity index (χ2n) is 6.51. The van der Waals surface area contributed by atoms with E-state index in [1.807, 2.05) is 0 Å². The van der Waals surface area contributed by atoms with Gasteiger partial charge >= 0.3 is 6.18 Å². The molecule has 5 nitrogen and oxygen atoms in total. The van der Waals surface area contributed by atoms with Crippen LogP contribution in [0.3, 0.4) is 0 Å². The molecule has 1 saturated heterocycles.